The molecule has 3 aliphatic rings. The summed E-state index contributed by atoms with van der Waals surface area (Å²) in [6, 6.07) is 14.7. The first-order chi connectivity index (χ1) is 15.9. The maximum absolute atomic E-state index is 16.7. The van der Waals surface area contributed by atoms with E-state index in [9.17, 15) is 4.79 Å². The van der Waals surface area contributed by atoms with Crippen LogP contribution in [-0.2, 0) is 21.5 Å². The molecule has 2 aliphatic heterocycles. The second kappa shape index (κ2) is 7.85. The minimum absolute atomic E-state index is 0.0156. The van der Waals surface area contributed by atoms with Crippen LogP contribution in [0.2, 0.25) is 0 Å². The Kier molecular flexibility index (Phi) is 5.09. The number of hydrogen-bond acceptors (Lipinski definition) is 5. The number of benzene rings is 2. The van der Waals surface area contributed by atoms with Crippen LogP contribution in [0.25, 0.3) is 5.57 Å². The van der Waals surface area contributed by atoms with Crippen LogP contribution in [0.1, 0.15) is 23.1 Å². The van der Waals surface area contributed by atoms with Gasteiger partial charge in [0.25, 0.3) is 5.91 Å². The average Bonchev–Trinajstić information content (AvgIpc) is 3.09. The molecule has 0 radical (unpaired) electrons. The molecule has 5 rings (SSSR count). The number of methoxy groups -OCH3 is 1. The van der Waals surface area contributed by atoms with Crippen LogP contribution in [0, 0.1) is 0 Å². The van der Waals surface area contributed by atoms with E-state index in [0.29, 0.717) is 23.3 Å². The molecular formula is C26H26FN3O3. The lowest BCUT2D eigenvalue weighted by molar-refractivity contribution is -0.145. The lowest BCUT2D eigenvalue weighted by Crippen LogP contribution is -2.62. The second-order valence-electron chi connectivity index (χ2n) is 8.53. The van der Waals surface area contributed by atoms with Gasteiger partial charge in [0, 0.05) is 14.2 Å². The molecule has 0 saturated heterocycles. The number of carbonyl (C=O) groups is 1. The summed E-state index contributed by atoms with van der Waals surface area (Å²) < 4.78 is 28.4. The van der Waals surface area contributed by atoms with Gasteiger partial charge in [-0.1, -0.05) is 48.6 Å². The first kappa shape index (κ1) is 21.4. The largest absolute Gasteiger partial charge is 0.493 e. The lowest BCUT2D eigenvalue weighted by Gasteiger charge is -2.46. The third-order valence-electron chi connectivity index (χ3n) is 6.85. The zero-order chi connectivity index (χ0) is 23.2. The van der Waals surface area contributed by atoms with Crippen molar-refractivity contribution >= 4 is 17.4 Å². The topological polar surface area (TPSA) is 77.2 Å². The van der Waals surface area contributed by atoms with Gasteiger partial charge in [-0.05, 0) is 53.3 Å². The second-order valence-corrected chi connectivity index (χ2v) is 8.53. The molecule has 1 amide bonds. The van der Waals surface area contributed by atoms with Crippen molar-refractivity contribution in [2.75, 3.05) is 20.8 Å². The molecule has 33 heavy (non-hydrogen) atoms. The number of allylic oxidation sites excluding steroid dienone is 2. The van der Waals surface area contributed by atoms with Crippen LogP contribution in [0.5, 0.6) is 5.75 Å². The van der Waals surface area contributed by atoms with Gasteiger partial charge in [0.05, 0.1) is 6.61 Å². The van der Waals surface area contributed by atoms with Crippen molar-refractivity contribution < 1.29 is 18.7 Å². The number of halogens is 1. The van der Waals surface area contributed by atoms with Gasteiger partial charge in [-0.25, -0.2) is 9.38 Å². The number of alkyl halides is 1. The first-order valence-corrected chi connectivity index (χ1v) is 11.0. The number of nitrogens with two attached hydrogens (primary N) is 1. The smallest absolute Gasteiger partial charge is 0.265 e. The molecule has 0 saturated carbocycles. The number of aryl methyl sites for hydroxylation is 1. The highest BCUT2D eigenvalue weighted by Crippen LogP contribution is 2.52. The van der Waals surface area contributed by atoms with Crippen molar-refractivity contribution in [1.29, 1.82) is 0 Å². The van der Waals surface area contributed by atoms with Gasteiger partial charge in [0.2, 0.25) is 5.54 Å². The lowest BCUT2D eigenvalue weighted by atomic mass is 9.67. The van der Waals surface area contributed by atoms with Crippen molar-refractivity contribution in [2.45, 2.75) is 30.2 Å². The molecule has 0 spiro atoms. The minimum atomic E-state index is -1.75. The van der Waals surface area contributed by atoms with E-state index in [-0.39, 0.29) is 5.96 Å². The van der Waals surface area contributed by atoms with Crippen LogP contribution >= 0.6 is 0 Å². The highest BCUT2D eigenvalue weighted by Gasteiger charge is 2.66. The summed E-state index contributed by atoms with van der Waals surface area (Å²) in [5.74, 6) is 0.338. The molecule has 6 nitrogen and oxygen atoms in total. The number of ether oxygens (including phenoxy) is 2. The number of rotatable bonds is 4. The van der Waals surface area contributed by atoms with Crippen molar-refractivity contribution in [1.82, 2.24) is 4.90 Å². The molecule has 0 bridgehead atoms. The normalized spacial score (nSPS) is 28.8. The number of aliphatic imine (C=N–C) groups is 1. The predicted molar refractivity (Wildman–Crippen MR) is 125 cm³/mol. The molecule has 0 fully saturated rings. The van der Waals surface area contributed by atoms with E-state index in [1.54, 1.807) is 31.3 Å². The van der Waals surface area contributed by atoms with Crippen molar-refractivity contribution in [3.05, 3.63) is 83.4 Å². The van der Waals surface area contributed by atoms with E-state index >= 15 is 4.39 Å². The van der Waals surface area contributed by atoms with Gasteiger partial charge in [-0.2, -0.15) is 0 Å². The molecular weight excluding hydrogens is 421 g/mol. The molecule has 7 heteroatoms. The number of carbonyl (C=O) groups excluding carboxylic acids is 1. The average molecular weight is 448 g/mol. The number of amides is 1. The van der Waals surface area contributed by atoms with Crippen LogP contribution in [0.15, 0.2) is 71.8 Å². The van der Waals surface area contributed by atoms with Crippen LogP contribution in [0.4, 0.5) is 4.39 Å². The van der Waals surface area contributed by atoms with E-state index in [1.807, 2.05) is 42.5 Å². The molecule has 2 aromatic rings. The number of likely N-dealkylation sites (N-methyl/N-ethyl adjacent to an activating group) is 1. The Hall–Kier alpha value is -3.45. The van der Waals surface area contributed by atoms with E-state index in [1.165, 1.54) is 12.0 Å². The number of nitrogens with zero attached hydrogens (tertiary/aromatic N) is 2. The van der Waals surface area contributed by atoms with E-state index in [4.69, 9.17) is 15.2 Å². The molecule has 2 N–H and O–H groups in total. The Morgan fingerprint density at radius 3 is 2.73 bits per heavy atom. The summed E-state index contributed by atoms with van der Waals surface area (Å²) >= 11 is 0. The SMILES string of the molecule is COC1(C2(c3ccc4c(c3)CCCO4)N=C(N)N(C)C2=O)C=CC=C(c2ccccc2)C1F. The Morgan fingerprint density at radius 2 is 2.03 bits per heavy atom. The maximum Gasteiger partial charge on any atom is 0.265 e. The fourth-order valence-electron chi connectivity index (χ4n) is 5.09. The minimum Gasteiger partial charge on any atom is -0.493 e. The van der Waals surface area contributed by atoms with Gasteiger partial charge in [-0.3, -0.25) is 9.69 Å². The molecule has 170 valence electrons. The van der Waals surface area contributed by atoms with E-state index in [2.05, 4.69) is 4.99 Å². The first-order valence-electron chi connectivity index (χ1n) is 11.0. The van der Waals surface area contributed by atoms with Gasteiger partial charge in [0.1, 0.15) is 5.75 Å². The highest BCUT2D eigenvalue weighted by atomic mass is 19.1. The summed E-state index contributed by atoms with van der Waals surface area (Å²) in [6.45, 7) is 0.646. The highest BCUT2D eigenvalue weighted by molar-refractivity contribution is 6.08. The number of fused-ring (bicyclic) bond motifs is 1. The third-order valence-corrected chi connectivity index (χ3v) is 6.85. The number of hydrogen-bond donors (Lipinski definition) is 1. The summed E-state index contributed by atoms with van der Waals surface area (Å²) in [6.07, 6.45) is 5.00. The third kappa shape index (κ3) is 2.95. The Morgan fingerprint density at radius 1 is 1.24 bits per heavy atom. The molecule has 3 atom stereocenters. The van der Waals surface area contributed by atoms with Crippen LogP contribution in [-0.4, -0.2) is 49.3 Å². The summed E-state index contributed by atoms with van der Waals surface area (Å²) in [5.41, 5.74) is 5.26. The molecule has 3 unspecified atom stereocenters. The van der Waals surface area contributed by atoms with Gasteiger partial charge in [0.15, 0.2) is 17.7 Å². The summed E-state index contributed by atoms with van der Waals surface area (Å²) in [4.78, 5) is 19.8. The van der Waals surface area contributed by atoms with Crippen molar-refractivity contribution in [3.8, 4) is 5.75 Å². The van der Waals surface area contributed by atoms with Gasteiger partial charge in [-0.15, -0.1) is 0 Å². The monoisotopic (exact) mass is 447 g/mol. The Bertz CT molecular complexity index is 1190. The van der Waals surface area contributed by atoms with Gasteiger partial charge >= 0.3 is 0 Å². The number of guanidine groups is 1. The summed E-state index contributed by atoms with van der Waals surface area (Å²) in [7, 11) is 2.95. The molecule has 2 aromatic carbocycles. The van der Waals surface area contributed by atoms with E-state index < -0.39 is 23.2 Å². The maximum atomic E-state index is 16.7. The molecule has 0 aromatic heterocycles. The zero-order valence-corrected chi connectivity index (χ0v) is 18.6. The van der Waals surface area contributed by atoms with E-state index in [0.717, 1.165) is 24.2 Å². The zero-order valence-electron chi connectivity index (χ0n) is 18.6. The fraction of sp³-hybridized carbons (Fsp3) is 0.308. The fourth-order valence-corrected chi connectivity index (χ4v) is 5.09. The summed E-state index contributed by atoms with van der Waals surface area (Å²) in [5, 5.41) is 0. The predicted octanol–water partition coefficient (Wildman–Crippen LogP) is 3.37. The standard InChI is InChI=1S/C26H26FN3O3/c1-30-23(31)26(29-24(30)28,19-12-13-21-18(16-19)10-7-15-33-21)25(32-2)14-6-11-20(22(25)27)17-8-4-3-5-9-17/h3-6,8-9,11-14,16,22H,7,10,15H2,1-2H3,(H2,28,29). The van der Waals surface area contributed by atoms with Crippen molar-refractivity contribution in [2.24, 2.45) is 10.7 Å². The molecule has 1 aliphatic carbocycles. The Labute approximate surface area is 192 Å². The van der Waals surface area contributed by atoms with Crippen molar-refractivity contribution in [3.63, 3.8) is 0 Å². The van der Waals surface area contributed by atoms with Gasteiger partial charge < -0.3 is 15.2 Å². The Balaban J connectivity index is 1.73. The quantitative estimate of drug-likeness (QED) is 0.780. The molecule has 2 heterocycles. The van der Waals surface area contributed by atoms with Crippen LogP contribution in [0.3, 0.4) is 0 Å². The van der Waals surface area contributed by atoms with Crippen LogP contribution < -0.4 is 10.5 Å².